The van der Waals surface area contributed by atoms with Crippen molar-refractivity contribution in [2.75, 3.05) is 17.0 Å². The number of fused-ring (bicyclic) bond motifs is 2. The lowest BCUT2D eigenvalue weighted by Crippen LogP contribution is -2.38. The van der Waals surface area contributed by atoms with E-state index in [2.05, 4.69) is 19.2 Å². The third kappa shape index (κ3) is 2.95. The molecule has 6 heteroatoms. The Balaban J connectivity index is 1.77. The fraction of sp³-hybridized carbons (Fsp3) is 0.333. The summed E-state index contributed by atoms with van der Waals surface area (Å²) in [5.41, 5.74) is 3.80. The van der Waals surface area contributed by atoms with E-state index in [1.54, 1.807) is 11.8 Å². The van der Waals surface area contributed by atoms with Crippen LogP contribution in [0.25, 0.3) is 0 Å². The number of ether oxygens (including phenoxy) is 2. The van der Waals surface area contributed by atoms with Crippen LogP contribution in [0.2, 0.25) is 0 Å². The van der Waals surface area contributed by atoms with Crippen LogP contribution in [0.1, 0.15) is 45.2 Å². The van der Waals surface area contributed by atoms with Crippen molar-refractivity contribution in [2.45, 2.75) is 39.7 Å². The summed E-state index contributed by atoms with van der Waals surface area (Å²) in [7, 11) is 0. The van der Waals surface area contributed by atoms with Crippen molar-refractivity contribution in [3.8, 4) is 11.5 Å². The molecule has 2 aromatic carbocycles. The Kier molecular flexibility index (Phi) is 4.13. The Morgan fingerprint density at radius 3 is 2.67 bits per heavy atom. The average molecular weight is 404 g/mol. The van der Waals surface area contributed by atoms with Gasteiger partial charge in [-0.15, -0.1) is 0 Å². The SMILES string of the molecule is CC(=O)N1c2ccccc2NC2=C(C(=O)CC(C)(C)C2)[C@@H]1c1ccc2c(c1)OCO2. The number of ketones is 1. The van der Waals surface area contributed by atoms with Gasteiger partial charge >= 0.3 is 0 Å². The second-order valence-electron chi connectivity index (χ2n) is 8.88. The first-order chi connectivity index (χ1) is 14.3. The van der Waals surface area contributed by atoms with Crippen molar-refractivity contribution >= 4 is 23.1 Å². The van der Waals surface area contributed by atoms with Gasteiger partial charge in [0.05, 0.1) is 17.4 Å². The molecule has 0 saturated carbocycles. The molecule has 0 fully saturated rings. The number of rotatable bonds is 1. The molecule has 0 unspecified atom stereocenters. The fourth-order valence-corrected chi connectivity index (χ4v) is 4.73. The van der Waals surface area contributed by atoms with Crippen molar-refractivity contribution in [2.24, 2.45) is 5.41 Å². The quantitative estimate of drug-likeness (QED) is 0.754. The summed E-state index contributed by atoms with van der Waals surface area (Å²) in [4.78, 5) is 28.1. The van der Waals surface area contributed by atoms with Crippen molar-refractivity contribution in [3.05, 3.63) is 59.3 Å². The Labute approximate surface area is 175 Å². The van der Waals surface area contributed by atoms with E-state index in [-0.39, 0.29) is 23.9 Å². The molecule has 2 aliphatic heterocycles. The predicted octanol–water partition coefficient (Wildman–Crippen LogP) is 4.58. The van der Waals surface area contributed by atoms with Gasteiger partial charge in [0, 0.05) is 24.6 Å². The first kappa shape index (κ1) is 18.7. The summed E-state index contributed by atoms with van der Waals surface area (Å²) in [5.74, 6) is 1.24. The maximum atomic E-state index is 13.4. The zero-order valence-corrected chi connectivity index (χ0v) is 17.3. The number of carbonyl (C=O) groups is 2. The Morgan fingerprint density at radius 2 is 1.87 bits per heavy atom. The molecule has 2 heterocycles. The van der Waals surface area contributed by atoms with Gasteiger partial charge in [-0.2, -0.15) is 0 Å². The van der Waals surface area contributed by atoms with Crippen molar-refractivity contribution in [3.63, 3.8) is 0 Å². The highest BCUT2D eigenvalue weighted by atomic mass is 16.7. The molecule has 154 valence electrons. The molecule has 1 amide bonds. The second-order valence-corrected chi connectivity index (χ2v) is 8.88. The molecule has 0 spiro atoms. The monoisotopic (exact) mass is 404 g/mol. The van der Waals surface area contributed by atoms with Crippen LogP contribution >= 0.6 is 0 Å². The third-order valence-electron chi connectivity index (χ3n) is 5.95. The number of allylic oxidation sites excluding steroid dienone is 1. The summed E-state index contributed by atoms with van der Waals surface area (Å²) in [5, 5.41) is 3.49. The van der Waals surface area contributed by atoms with E-state index in [1.165, 1.54) is 0 Å². The Bertz CT molecular complexity index is 1100. The molecule has 1 atom stereocenters. The maximum Gasteiger partial charge on any atom is 0.231 e. The van der Waals surface area contributed by atoms with E-state index >= 15 is 0 Å². The van der Waals surface area contributed by atoms with Crippen molar-refractivity contribution in [1.82, 2.24) is 0 Å². The Hall–Kier alpha value is -3.28. The van der Waals surface area contributed by atoms with Gasteiger partial charge < -0.3 is 14.8 Å². The summed E-state index contributed by atoms with van der Waals surface area (Å²) in [6.45, 7) is 5.92. The summed E-state index contributed by atoms with van der Waals surface area (Å²) >= 11 is 0. The van der Waals surface area contributed by atoms with Crippen molar-refractivity contribution in [1.29, 1.82) is 0 Å². The number of hydrogen-bond donors (Lipinski definition) is 1. The van der Waals surface area contributed by atoms with Crippen LogP contribution in [0.4, 0.5) is 11.4 Å². The van der Waals surface area contributed by atoms with Crippen LogP contribution in [0.15, 0.2) is 53.7 Å². The van der Waals surface area contributed by atoms with Crippen LogP contribution in [-0.2, 0) is 9.59 Å². The zero-order valence-electron chi connectivity index (χ0n) is 17.3. The molecule has 1 aliphatic carbocycles. The predicted molar refractivity (Wildman–Crippen MR) is 114 cm³/mol. The minimum atomic E-state index is -0.535. The molecule has 3 aliphatic rings. The number of benzene rings is 2. The molecule has 2 aromatic rings. The van der Waals surface area contributed by atoms with E-state index < -0.39 is 6.04 Å². The van der Waals surface area contributed by atoms with Gasteiger partial charge in [0.15, 0.2) is 17.3 Å². The molecule has 5 rings (SSSR count). The lowest BCUT2D eigenvalue weighted by Gasteiger charge is -2.36. The number of para-hydroxylation sites is 2. The van der Waals surface area contributed by atoms with Gasteiger partial charge in [-0.05, 0) is 41.7 Å². The molecule has 6 nitrogen and oxygen atoms in total. The van der Waals surface area contributed by atoms with E-state index in [9.17, 15) is 9.59 Å². The number of anilines is 2. The van der Waals surface area contributed by atoms with E-state index in [4.69, 9.17) is 9.47 Å². The molecule has 0 aromatic heterocycles. The van der Waals surface area contributed by atoms with Crippen LogP contribution < -0.4 is 19.7 Å². The Morgan fingerprint density at radius 1 is 1.10 bits per heavy atom. The summed E-state index contributed by atoms with van der Waals surface area (Å²) < 4.78 is 11.0. The number of nitrogens with one attached hydrogen (secondary N) is 1. The molecule has 0 bridgehead atoms. The maximum absolute atomic E-state index is 13.4. The summed E-state index contributed by atoms with van der Waals surface area (Å²) in [6.07, 6.45) is 1.17. The second kappa shape index (κ2) is 6.62. The lowest BCUT2D eigenvalue weighted by molar-refractivity contribution is -0.118. The van der Waals surface area contributed by atoms with Crippen LogP contribution in [0.3, 0.4) is 0 Å². The first-order valence-electron chi connectivity index (χ1n) is 10.2. The third-order valence-corrected chi connectivity index (χ3v) is 5.95. The number of carbonyl (C=O) groups excluding carboxylic acids is 2. The standard InChI is InChI=1S/C24H24N2O4/c1-14(27)26-18-7-5-4-6-16(18)25-17-11-24(2,3)12-19(28)22(17)23(26)15-8-9-20-21(10-15)30-13-29-20/h4-10,23,25H,11-13H2,1-3H3/t23-/m0/s1. The van der Waals surface area contributed by atoms with E-state index in [0.717, 1.165) is 29.1 Å². The minimum Gasteiger partial charge on any atom is -0.454 e. The van der Waals surface area contributed by atoms with Gasteiger partial charge in [0.2, 0.25) is 12.7 Å². The van der Waals surface area contributed by atoms with E-state index in [0.29, 0.717) is 23.5 Å². The molecular weight excluding hydrogens is 380 g/mol. The number of Topliss-reactive ketones (excluding diaryl/α,β-unsaturated/α-hetero) is 1. The highest BCUT2D eigenvalue weighted by molar-refractivity contribution is 6.05. The first-order valence-corrected chi connectivity index (χ1v) is 10.2. The average Bonchev–Trinajstić information content (AvgIpc) is 3.08. The smallest absolute Gasteiger partial charge is 0.231 e. The van der Waals surface area contributed by atoms with Crippen LogP contribution in [0, 0.1) is 5.41 Å². The lowest BCUT2D eigenvalue weighted by atomic mass is 9.73. The largest absolute Gasteiger partial charge is 0.454 e. The molecule has 30 heavy (non-hydrogen) atoms. The molecule has 0 saturated heterocycles. The highest BCUT2D eigenvalue weighted by Crippen LogP contribution is 2.49. The fourth-order valence-electron chi connectivity index (χ4n) is 4.73. The van der Waals surface area contributed by atoms with Crippen LogP contribution in [0.5, 0.6) is 11.5 Å². The van der Waals surface area contributed by atoms with Gasteiger partial charge in [0.1, 0.15) is 0 Å². The molecular formula is C24H24N2O4. The van der Waals surface area contributed by atoms with Crippen molar-refractivity contribution < 1.29 is 19.1 Å². The summed E-state index contributed by atoms with van der Waals surface area (Å²) in [6, 6.07) is 12.8. The highest BCUT2D eigenvalue weighted by Gasteiger charge is 2.42. The van der Waals surface area contributed by atoms with Crippen LogP contribution in [-0.4, -0.2) is 18.5 Å². The molecule has 1 N–H and O–H groups in total. The zero-order chi connectivity index (χ0) is 21.0. The molecule has 0 radical (unpaired) electrons. The normalized spacial score (nSPS) is 21.5. The van der Waals surface area contributed by atoms with Gasteiger partial charge in [-0.25, -0.2) is 0 Å². The van der Waals surface area contributed by atoms with E-state index in [1.807, 2.05) is 42.5 Å². The van der Waals surface area contributed by atoms with Gasteiger partial charge in [-0.3, -0.25) is 14.5 Å². The number of nitrogens with zero attached hydrogens (tertiary/aromatic N) is 1. The van der Waals surface area contributed by atoms with Gasteiger partial charge in [-0.1, -0.05) is 32.0 Å². The number of hydrogen-bond acceptors (Lipinski definition) is 5. The van der Waals surface area contributed by atoms with Gasteiger partial charge in [0.25, 0.3) is 0 Å². The topological polar surface area (TPSA) is 67.9 Å². The number of amides is 1. The minimum absolute atomic E-state index is 0.0653.